The maximum absolute atomic E-state index is 11.9. The third-order valence-electron chi connectivity index (χ3n) is 2.25. The molecule has 7 heteroatoms. The smallest absolute Gasteiger partial charge is 0.362 e. The molecule has 4 nitrogen and oxygen atoms in total. The summed E-state index contributed by atoms with van der Waals surface area (Å²) in [5.41, 5.74) is 0.692. The Labute approximate surface area is 119 Å². The van der Waals surface area contributed by atoms with Crippen LogP contribution < -0.4 is 0 Å². The van der Waals surface area contributed by atoms with Crippen LogP contribution in [0.3, 0.4) is 0 Å². The van der Waals surface area contributed by atoms with Crippen molar-refractivity contribution in [3.63, 3.8) is 0 Å². The van der Waals surface area contributed by atoms with Crippen LogP contribution in [0.25, 0.3) is 5.03 Å². The van der Waals surface area contributed by atoms with Gasteiger partial charge in [0.05, 0.1) is 0 Å². The number of hydrogen-bond acceptors (Lipinski definition) is 4. The molecule has 1 aromatic rings. The Bertz CT molecular complexity index is 466. The molecule has 1 N–H and O–H groups in total. The molecule has 0 unspecified atom stereocenters. The molecule has 0 spiro atoms. The van der Waals surface area contributed by atoms with Crippen molar-refractivity contribution in [3.8, 4) is 0 Å². The van der Waals surface area contributed by atoms with Crippen molar-refractivity contribution in [1.29, 1.82) is 0 Å². The fourth-order valence-corrected chi connectivity index (χ4v) is 2.73. The van der Waals surface area contributed by atoms with E-state index in [9.17, 15) is 9.67 Å². The Morgan fingerprint density at radius 2 is 1.89 bits per heavy atom. The van der Waals surface area contributed by atoms with Crippen molar-refractivity contribution in [2.45, 2.75) is 5.85 Å². The molecule has 0 saturated carbocycles. The van der Waals surface area contributed by atoms with Crippen LogP contribution in [0.1, 0.15) is 5.56 Å². The molecule has 0 amide bonds. The summed E-state index contributed by atoms with van der Waals surface area (Å²) in [5, 5.41) is 10.0. The summed E-state index contributed by atoms with van der Waals surface area (Å²) in [7, 11) is -1.16. The minimum Gasteiger partial charge on any atom is -0.377 e. The van der Waals surface area contributed by atoms with E-state index in [1.165, 1.54) is 20.3 Å². The zero-order chi connectivity index (χ0) is 13.8. The van der Waals surface area contributed by atoms with E-state index in [-0.39, 0.29) is 5.03 Å². The predicted molar refractivity (Wildman–Crippen MR) is 75.6 cm³/mol. The lowest BCUT2D eigenvalue weighted by molar-refractivity contribution is 0.201. The average Bonchev–Trinajstić information content (AvgIpc) is 2.38. The molecular formula is C11H13BrClO4P. The first-order chi connectivity index (χ1) is 8.42. The van der Waals surface area contributed by atoms with E-state index in [0.29, 0.717) is 5.56 Å². The van der Waals surface area contributed by atoms with Gasteiger partial charge in [0.1, 0.15) is 0 Å². The van der Waals surface area contributed by atoms with Gasteiger partial charge in [0.2, 0.25) is 0 Å². The third kappa shape index (κ3) is 3.92. The summed E-state index contributed by atoms with van der Waals surface area (Å²) in [6.07, 6.45) is 1.23. The van der Waals surface area contributed by atoms with Gasteiger partial charge < -0.3 is 14.2 Å². The highest BCUT2D eigenvalue weighted by atomic mass is 79.9. The first kappa shape index (κ1) is 15.9. The van der Waals surface area contributed by atoms with Crippen molar-refractivity contribution >= 4 is 40.2 Å². The molecule has 0 heterocycles. The Morgan fingerprint density at radius 3 is 2.33 bits per heavy atom. The van der Waals surface area contributed by atoms with Crippen LogP contribution in [0.5, 0.6) is 0 Å². The molecule has 1 aromatic carbocycles. The van der Waals surface area contributed by atoms with E-state index in [1.54, 1.807) is 12.1 Å². The number of benzene rings is 1. The molecule has 0 radical (unpaired) electrons. The lowest BCUT2D eigenvalue weighted by Gasteiger charge is -2.17. The molecule has 0 bridgehead atoms. The molecule has 0 aliphatic rings. The SMILES string of the molecule is COP(=O)(OC)[C@@H](O)/C=C(/Cl)c1ccc(Br)cc1. The lowest BCUT2D eigenvalue weighted by Crippen LogP contribution is -2.07. The topological polar surface area (TPSA) is 55.8 Å². The zero-order valence-corrected chi connectivity index (χ0v) is 13.1. The van der Waals surface area contributed by atoms with Crippen molar-refractivity contribution in [2.24, 2.45) is 0 Å². The largest absolute Gasteiger partial charge is 0.377 e. The third-order valence-corrected chi connectivity index (χ3v) is 4.94. The Balaban J connectivity index is 2.96. The summed E-state index contributed by atoms with van der Waals surface area (Å²) in [6.45, 7) is 0. The molecular weight excluding hydrogens is 342 g/mol. The van der Waals surface area contributed by atoms with E-state index in [0.717, 1.165) is 4.47 Å². The number of rotatable bonds is 5. The fraction of sp³-hybridized carbons (Fsp3) is 0.273. The highest BCUT2D eigenvalue weighted by Gasteiger charge is 2.30. The average molecular weight is 356 g/mol. The van der Waals surface area contributed by atoms with Crippen molar-refractivity contribution in [3.05, 3.63) is 40.4 Å². The van der Waals surface area contributed by atoms with Crippen molar-refractivity contribution < 1.29 is 18.7 Å². The Kier molecular flexibility index (Phi) is 6.05. The van der Waals surface area contributed by atoms with Crippen molar-refractivity contribution in [2.75, 3.05) is 14.2 Å². The van der Waals surface area contributed by atoms with Crippen LogP contribution in [0, 0.1) is 0 Å². The molecule has 1 rings (SSSR count). The van der Waals surface area contributed by atoms with Gasteiger partial charge in [-0.05, 0) is 23.8 Å². The van der Waals surface area contributed by atoms with E-state index < -0.39 is 13.4 Å². The quantitative estimate of drug-likeness (QED) is 0.816. The second-order valence-electron chi connectivity index (χ2n) is 3.34. The second kappa shape index (κ2) is 6.85. The van der Waals surface area contributed by atoms with E-state index in [4.69, 9.17) is 11.6 Å². The van der Waals surface area contributed by atoms with Gasteiger partial charge >= 0.3 is 7.60 Å². The number of halogens is 2. The van der Waals surface area contributed by atoms with Crippen LogP contribution in [-0.2, 0) is 13.6 Å². The molecule has 0 aliphatic heterocycles. The minimum absolute atomic E-state index is 0.268. The highest BCUT2D eigenvalue weighted by molar-refractivity contribution is 9.10. The van der Waals surface area contributed by atoms with Crippen molar-refractivity contribution in [1.82, 2.24) is 0 Å². The first-order valence-electron chi connectivity index (χ1n) is 4.95. The summed E-state index contributed by atoms with van der Waals surface area (Å²) < 4.78 is 22.1. The van der Waals surface area contributed by atoms with Gasteiger partial charge in [-0.2, -0.15) is 0 Å². The maximum Gasteiger partial charge on any atom is 0.362 e. The lowest BCUT2D eigenvalue weighted by atomic mass is 10.2. The summed E-state index contributed by atoms with van der Waals surface area (Å²) >= 11 is 9.33. The minimum atomic E-state index is -3.57. The second-order valence-corrected chi connectivity index (χ2v) is 7.00. The van der Waals surface area contributed by atoms with Gasteiger partial charge in [-0.15, -0.1) is 0 Å². The molecule has 0 fully saturated rings. The van der Waals surface area contributed by atoms with Gasteiger partial charge in [0.15, 0.2) is 5.85 Å². The van der Waals surface area contributed by atoms with Gasteiger partial charge in [0.25, 0.3) is 0 Å². The van der Waals surface area contributed by atoms with Gasteiger partial charge in [0, 0.05) is 23.7 Å². The summed E-state index contributed by atoms with van der Waals surface area (Å²) in [4.78, 5) is 0. The molecule has 1 atom stereocenters. The van der Waals surface area contributed by atoms with E-state index >= 15 is 0 Å². The van der Waals surface area contributed by atoms with Crippen LogP contribution >= 0.6 is 35.1 Å². The molecule has 18 heavy (non-hydrogen) atoms. The molecule has 0 aliphatic carbocycles. The molecule has 100 valence electrons. The summed E-state index contributed by atoms with van der Waals surface area (Å²) in [6, 6.07) is 7.15. The van der Waals surface area contributed by atoms with E-state index in [2.05, 4.69) is 25.0 Å². The zero-order valence-electron chi connectivity index (χ0n) is 9.84. The molecule has 0 saturated heterocycles. The van der Waals surface area contributed by atoms with E-state index in [1.807, 2.05) is 12.1 Å². The predicted octanol–water partition coefficient (Wildman–Crippen LogP) is 3.83. The maximum atomic E-state index is 11.9. The fourth-order valence-electron chi connectivity index (χ4n) is 1.22. The number of aliphatic hydroxyl groups excluding tert-OH is 1. The van der Waals surface area contributed by atoms with Crippen LogP contribution in [0.15, 0.2) is 34.8 Å². The van der Waals surface area contributed by atoms with Crippen LogP contribution in [0.4, 0.5) is 0 Å². The van der Waals surface area contributed by atoms with Gasteiger partial charge in [-0.1, -0.05) is 39.7 Å². The number of hydrogen-bond donors (Lipinski definition) is 1. The number of aliphatic hydroxyl groups is 1. The summed E-state index contributed by atoms with van der Waals surface area (Å²) in [5.74, 6) is -1.41. The Hall–Kier alpha value is -0.160. The van der Waals surface area contributed by atoms with Gasteiger partial charge in [-0.3, -0.25) is 4.57 Å². The van der Waals surface area contributed by atoms with Crippen LogP contribution in [0.2, 0.25) is 0 Å². The Morgan fingerprint density at radius 1 is 1.39 bits per heavy atom. The van der Waals surface area contributed by atoms with Crippen LogP contribution in [-0.4, -0.2) is 25.2 Å². The standard InChI is InChI=1S/C11H13BrClO4P/c1-16-18(15,17-2)11(14)7-10(13)8-3-5-9(12)6-4-8/h3-7,11,14H,1-2H3/b10-7+/t11-/m1/s1. The molecule has 0 aromatic heterocycles. The normalized spacial score (nSPS) is 14.6. The van der Waals surface area contributed by atoms with Gasteiger partial charge in [-0.25, -0.2) is 0 Å². The first-order valence-corrected chi connectivity index (χ1v) is 7.73. The monoisotopic (exact) mass is 354 g/mol. The highest BCUT2D eigenvalue weighted by Crippen LogP contribution is 2.51.